The van der Waals surface area contributed by atoms with Gasteiger partial charge >= 0.3 is 0 Å². The van der Waals surface area contributed by atoms with Crippen LogP contribution in [0.5, 0.6) is 11.5 Å². The Kier molecular flexibility index (Phi) is 3.13. The van der Waals surface area contributed by atoms with E-state index in [-0.39, 0.29) is 23.2 Å². The van der Waals surface area contributed by atoms with Crippen molar-refractivity contribution in [2.45, 2.75) is 43.4 Å². The third-order valence-electron chi connectivity index (χ3n) is 6.73. The lowest BCUT2D eigenvalue weighted by molar-refractivity contribution is -0.0452. The molecule has 4 aliphatic rings. The van der Waals surface area contributed by atoms with Crippen molar-refractivity contribution in [3.05, 3.63) is 34.9 Å². The molecule has 2 aliphatic heterocycles. The highest BCUT2D eigenvalue weighted by Gasteiger charge is 2.64. The number of piperidine rings is 1. The summed E-state index contributed by atoms with van der Waals surface area (Å²) in [6.45, 7) is 2.50. The van der Waals surface area contributed by atoms with E-state index >= 15 is 0 Å². The molecule has 0 unspecified atom stereocenters. The second-order valence-corrected chi connectivity index (χ2v) is 7.87. The first kappa shape index (κ1) is 15.7. The molecule has 1 N–H and O–H groups in total. The summed E-state index contributed by atoms with van der Waals surface area (Å²) in [6, 6.07) is 1.98. The molecule has 5 nitrogen and oxygen atoms in total. The first-order valence-electron chi connectivity index (χ1n) is 8.72. The molecular weight excluding hydrogens is 342 g/mol. The number of Topliss-reactive ketones (excluding diaryl/α,β-unsaturated/α-hetero) is 1. The normalized spacial score (nSPS) is 37.4. The molecule has 5 rings (SSSR count). The number of ketones is 1. The van der Waals surface area contributed by atoms with Gasteiger partial charge in [0.25, 0.3) is 0 Å². The molecule has 1 aromatic carbocycles. The monoisotopic (exact) mass is 361 g/mol. The number of aliphatic hydroxyl groups excluding tert-OH is 1. The van der Waals surface area contributed by atoms with E-state index in [4.69, 9.17) is 20.9 Å². The van der Waals surface area contributed by atoms with Crippen LogP contribution in [0.25, 0.3) is 0 Å². The Hall–Kier alpha value is -1.56. The number of halogens is 1. The van der Waals surface area contributed by atoms with Gasteiger partial charge in [0.05, 0.1) is 0 Å². The molecule has 0 saturated carbocycles. The smallest absolute Gasteiger partial charge is 0.189 e. The highest BCUT2D eigenvalue weighted by atomic mass is 35.5. The number of likely N-dealkylation sites (tertiary alicyclic amines) is 1. The number of rotatable bonds is 2. The van der Waals surface area contributed by atoms with E-state index < -0.39 is 6.10 Å². The minimum absolute atomic E-state index is 0.00121. The van der Waals surface area contributed by atoms with Crippen LogP contribution in [-0.4, -0.2) is 47.6 Å². The van der Waals surface area contributed by atoms with Crippen LogP contribution in [0.3, 0.4) is 0 Å². The van der Waals surface area contributed by atoms with Crippen molar-refractivity contribution in [2.75, 3.05) is 13.6 Å². The number of carbonyl (C=O) groups excluding carboxylic acids is 1. The molecule has 0 aromatic heterocycles. The fourth-order valence-electron chi connectivity index (χ4n) is 5.68. The molecule has 2 heterocycles. The molecular formula is C19H20ClNO4. The fourth-order valence-corrected chi connectivity index (χ4v) is 5.80. The van der Waals surface area contributed by atoms with Gasteiger partial charge in [-0.05, 0) is 45.0 Å². The first-order chi connectivity index (χ1) is 12.0. The zero-order chi connectivity index (χ0) is 17.5. The quantitative estimate of drug-likeness (QED) is 0.646. The van der Waals surface area contributed by atoms with E-state index in [1.807, 2.05) is 6.08 Å². The maximum atomic E-state index is 12.3. The van der Waals surface area contributed by atoms with Gasteiger partial charge < -0.3 is 19.0 Å². The van der Waals surface area contributed by atoms with Gasteiger partial charge in [-0.1, -0.05) is 12.2 Å². The van der Waals surface area contributed by atoms with Crippen molar-refractivity contribution in [3.63, 3.8) is 0 Å². The third-order valence-corrected chi connectivity index (χ3v) is 6.89. The molecule has 5 atom stereocenters. The van der Waals surface area contributed by atoms with E-state index in [9.17, 15) is 9.90 Å². The molecule has 6 heteroatoms. The summed E-state index contributed by atoms with van der Waals surface area (Å²) < 4.78 is 11.3. The molecule has 1 fully saturated rings. The number of benzene rings is 1. The van der Waals surface area contributed by atoms with Gasteiger partial charge in [-0.2, -0.15) is 0 Å². The summed E-state index contributed by atoms with van der Waals surface area (Å²) >= 11 is 5.70. The van der Waals surface area contributed by atoms with Crippen LogP contribution < -0.4 is 9.03 Å². The zero-order valence-corrected chi connectivity index (χ0v) is 14.9. The molecule has 2 bridgehead atoms. The lowest BCUT2D eigenvalue weighted by atomic mass is 9.53. The largest absolute Gasteiger partial charge is 0.482 e. The van der Waals surface area contributed by atoms with Crippen molar-refractivity contribution in [1.29, 1.82) is 0 Å². The Bertz CT molecular complexity index is 822. The van der Waals surface area contributed by atoms with Gasteiger partial charge in [-0.15, -0.1) is 0 Å². The number of likely N-dealkylation sites (N-methyl/N-ethyl adjacent to an activating group) is 1. The Morgan fingerprint density at radius 3 is 3.00 bits per heavy atom. The van der Waals surface area contributed by atoms with Gasteiger partial charge in [0.15, 0.2) is 17.3 Å². The fraction of sp³-hybridized carbons (Fsp3) is 0.526. The van der Waals surface area contributed by atoms with Crippen LogP contribution in [0.15, 0.2) is 18.2 Å². The highest BCUT2D eigenvalue weighted by Crippen LogP contribution is 2.63. The second-order valence-electron chi connectivity index (χ2n) is 7.72. The summed E-state index contributed by atoms with van der Waals surface area (Å²) in [6.07, 6.45) is 4.62. The average molecular weight is 362 g/mol. The number of nitrogens with zero attached hydrogens (tertiary/aromatic N) is 1. The summed E-state index contributed by atoms with van der Waals surface area (Å²) in [5, 5.41) is 10.6. The topological polar surface area (TPSA) is 59.0 Å². The van der Waals surface area contributed by atoms with Crippen LogP contribution in [0, 0.1) is 5.92 Å². The predicted molar refractivity (Wildman–Crippen MR) is 92.4 cm³/mol. The molecule has 1 saturated heterocycles. The summed E-state index contributed by atoms with van der Waals surface area (Å²) in [7, 11) is 2.14. The summed E-state index contributed by atoms with van der Waals surface area (Å²) in [5.74, 6) is 1.23. The van der Waals surface area contributed by atoms with Crippen molar-refractivity contribution in [2.24, 2.45) is 5.92 Å². The summed E-state index contributed by atoms with van der Waals surface area (Å²) in [4.78, 5) is 14.7. The minimum Gasteiger partial charge on any atom is -0.482 e. The van der Waals surface area contributed by atoms with Crippen LogP contribution in [0.2, 0.25) is 0 Å². The molecule has 1 spiro atoms. The van der Waals surface area contributed by atoms with Gasteiger partial charge in [-0.3, -0.25) is 4.79 Å². The van der Waals surface area contributed by atoms with E-state index in [2.05, 4.69) is 18.0 Å². The number of carbonyl (C=O) groups is 1. The van der Waals surface area contributed by atoms with E-state index in [1.54, 1.807) is 13.0 Å². The Morgan fingerprint density at radius 1 is 1.48 bits per heavy atom. The van der Waals surface area contributed by atoms with Crippen LogP contribution in [-0.2, 0) is 11.8 Å². The van der Waals surface area contributed by atoms with Crippen LogP contribution in [0.1, 0.15) is 34.8 Å². The number of aliphatic hydroxyl groups is 1. The number of hydrogen-bond donors (Lipinski definition) is 1. The van der Waals surface area contributed by atoms with Gasteiger partial charge in [0, 0.05) is 28.5 Å². The Balaban J connectivity index is 1.87. The molecule has 2 aliphatic carbocycles. The number of ether oxygens (including phenoxy) is 1. The standard InChI is InChI=1S/C19H20ClNO4/c1-9(22)10-8-15(25-20)17-16-11(10)7-13-12-3-4-14(23)18(24-17)19(12,16)5-6-21(13)2/h3-4,8,12-14,18,23H,5-7H2,1-2H3/t12-,13+,14-,18-,19-/m0/s1. The van der Waals surface area contributed by atoms with Gasteiger partial charge in [0.2, 0.25) is 0 Å². The van der Waals surface area contributed by atoms with Crippen molar-refractivity contribution < 1.29 is 18.9 Å². The van der Waals surface area contributed by atoms with Crippen LogP contribution >= 0.6 is 11.9 Å². The average Bonchev–Trinajstić information content (AvgIpc) is 2.94. The van der Waals surface area contributed by atoms with Crippen LogP contribution in [0.4, 0.5) is 0 Å². The van der Waals surface area contributed by atoms with Gasteiger partial charge in [0.1, 0.15) is 24.1 Å². The molecule has 1 aromatic rings. The molecule has 0 radical (unpaired) electrons. The third kappa shape index (κ3) is 1.74. The van der Waals surface area contributed by atoms with Crippen molar-refractivity contribution >= 4 is 17.6 Å². The maximum absolute atomic E-state index is 12.3. The van der Waals surface area contributed by atoms with E-state index in [0.717, 1.165) is 30.5 Å². The zero-order valence-electron chi connectivity index (χ0n) is 14.2. The second kappa shape index (κ2) is 5.00. The minimum atomic E-state index is -0.678. The van der Waals surface area contributed by atoms with Gasteiger partial charge in [-0.25, -0.2) is 0 Å². The summed E-state index contributed by atoms with van der Waals surface area (Å²) in [5.41, 5.74) is 2.42. The lowest BCUT2D eigenvalue weighted by Crippen LogP contribution is -2.64. The molecule has 25 heavy (non-hydrogen) atoms. The maximum Gasteiger partial charge on any atom is 0.189 e. The SMILES string of the molecule is CC(=O)c1cc(OCl)c2c3c1C[C@@H]1[C@@H]4C=C[C@H](O)[C@H](O2)[C@]34CCN1C. The van der Waals surface area contributed by atoms with E-state index in [1.165, 1.54) is 0 Å². The molecule has 132 valence electrons. The lowest BCUT2D eigenvalue weighted by Gasteiger charge is -2.56. The van der Waals surface area contributed by atoms with Crippen molar-refractivity contribution in [1.82, 2.24) is 4.90 Å². The number of hydrogen-bond acceptors (Lipinski definition) is 5. The predicted octanol–water partition coefficient (Wildman–Crippen LogP) is 2.23. The Labute approximate surface area is 151 Å². The van der Waals surface area contributed by atoms with E-state index in [0.29, 0.717) is 23.1 Å². The van der Waals surface area contributed by atoms with Crippen molar-refractivity contribution in [3.8, 4) is 11.5 Å². The highest BCUT2D eigenvalue weighted by molar-refractivity contribution is 6.09. The Morgan fingerprint density at radius 2 is 2.28 bits per heavy atom. The first-order valence-corrected chi connectivity index (χ1v) is 9.03. The molecule has 0 amide bonds.